The van der Waals surface area contributed by atoms with E-state index in [-0.39, 0.29) is 23.6 Å². The average Bonchev–Trinajstić information content (AvgIpc) is 2.91. The van der Waals surface area contributed by atoms with Crippen molar-refractivity contribution in [2.45, 2.75) is 64.3 Å². The Balaban J connectivity index is 1.54. The Morgan fingerprint density at radius 2 is 1.82 bits per heavy atom. The molecule has 0 radical (unpaired) electrons. The number of piperazine rings is 1. The fourth-order valence-corrected chi connectivity index (χ4v) is 5.50. The van der Waals surface area contributed by atoms with Gasteiger partial charge < -0.3 is 9.64 Å². The largest absolute Gasteiger partial charge is 0.416 e. The quantitative estimate of drug-likeness (QED) is 0.539. The van der Waals surface area contributed by atoms with Gasteiger partial charge in [0.2, 0.25) is 0 Å². The number of alkyl halides is 3. The summed E-state index contributed by atoms with van der Waals surface area (Å²) in [5.41, 5.74) is 0.295. The molecule has 2 aliphatic heterocycles. The number of hydrogen-bond donors (Lipinski definition) is 0. The second-order valence-corrected chi connectivity index (χ2v) is 10.3. The van der Waals surface area contributed by atoms with Crippen LogP contribution in [0.3, 0.4) is 0 Å². The normalized spacial score (nSPS) is 25.8. The standard InChI is InChI=1S/C28H38F3N5O2/c1-19-16-35(14-15-36(19)24(17-38-5)22-6-8-23(9-7-22)28(29,30)31)27(4)10-12-34(13-11-27)26(37)25-20(2)32-18-33-21(25)3/h6-9,18-19,24H,10-17H2,1-5H3/t19-,24+/m0/s1/i5D3,17D2,24D. The molecule has 10 heteroatoms. The predicted molar refractivity (Wildman–Crippen MR) is 139 cm³/mol. The van der Waals surface area contributed by atoms with Crippen molar-refractivity contribution in [3.8, 4) is 0 Å². The highest BCUT2D eigenvalue weighted by molar-refractivity contribution is 5.96. The summed E-state index contributed by atoms with van der Waals surface area (Å²) >= 11 is 0. The van der Waals surface area contributed by atoms with E-state index in [4.69, 9.17) is 11.6 Å². The minimum Gasteiger partial charge on any atom is -0.383 e. The van der Waals surface area contributed by atoms with E-state index in [1.807, 2.05) is 0 Å². The molecule has 0 unspecified atom stereocenters. The van der Waals surface area contributed by atoms with Gasteiger partial charge in [0.25, 0.3) is 5.91 Å². The number of nitrogens with zero attached hydrogens (tertiary/aromatic N) is 5. The van der Waals surface area contributed by atoms with E-state index in [0.29, 0.717) is 56.0 Å². The van der Waals surface area contributed by atoms with Gasteiger partial charge in [0, 0.05) is 51.3 Å². The van der Waals surface area contributed by atoms with Crippen LogP contribution in [0.15, 0.2) is 30.6 Å². The Kier molecular flexibility index (Phi) is 6.32. The highest BCUT2D eigenvalue weighted by atomic mass is 19.4. The van der Waals surface area contributed by atoms with Crippen molar-refractivity contribution in [3.05, 3.63) is 58.7 Å². The van der Waals surface area contributed by atoms with E-state index in [2.05, 4.69) is 21.8 Å². The van der Waals surface area contributed by atoms with Gasteiger partial charge >= 0.3 is 6.18 Å². The molecule has 3 heterocycles. The highest BCUT2D eigenvalue weighted by Gasteiger charge is 2.41. The Morgan fingerprint density at radius 3 is 2.37 bits per heavy atom. The monoisotopic (exact) mass is 539 g/mol. The van der Waals surface area contributed by atoms with E-state index < -0.39 is 37.4 Å². The van der Waals surface area contributed by atoms with Crippen LogP contribution >= 0.6 is 0 Å². The molecule has 7 nitrogen and oxygen atoms in total. The number of carbonyl (C=O) groups is 1. The van der Waals surface area contributed by atoms with Crippen molar-refractivity contribution >= 4 is 5.91 Å². The topological polar surface area (TPSA) is 61.8 Å². The second kappa shape index (κ2) is 11.3. The second-order valence-electron chi connectivity index (χ2n) is 10.3. The molecule has 2 atom stereocenters. The Labute approximate surface area is 231 Å². The third kappa shape index (κ3) is 5.87. The summed E-state index contributed by atoms with van der Waals surface area (Å²) in [5.74, 6) is -0.118. The van der Waals surface area contributed by atoms with Crippen molar-refractivity contribution in [3.63, 3.8) is 0 Å². The summed E-state index contributed by atoms with van der Waals surface area (Å²) in [7, 11) is -3.20. The average molecular weight is 540 g/mol. The summed E-state index contributed by atoms with van der Waals surface area (Å²) in [6.45, 7) is 6.17. The number of aromatic nitrogens is 2. The zero-order chi connectivity index (χ0) is 32.9. The van der Waals surface area contributed by atoms with E-state index in [1.54, 1.807) is 25.7 Å². The first-order valence-electron chi connectivity index (χ1n) is 15.7. The molecule has 0 bridgehead atoms. The fourth-order valence-electron chi connectivity index (χ4n) is 5.50. The van der Waals surface area contributed by atoms with Gasteiger partial charge in [-0.05, 0) is 58.2 Å². The number of likely N-dealkylation sites (tertiary alicyclic amines) is 1. The van der Waals surface area contributed by atoms with Crippen molar-refractivity contribution in [1.82, 2.24) is 24.7 Å². The minimum absolute atomic E-state index is 0.118. The van der Waals surface area contributed by atoms with E-state index in [0.717, 1.165) is 24.3 Å². The lowest BCUT2D eigenvalue weighted by Crippen LogP contribution is -2.62. The number of aryl methyl sites for hydroxylation is 2. The SMILES string of the molecule is [2H]C([2H])([2H])OC([2H])([2H])[C@]([2H])(c1ccc(C(F)(F)F)cc1)N1CCN(C2(C)CCN(C(=O)c3c(C)ncnc3C)CC2)C[C@@H]1C. The molecule has 0 N–H and O–H groups in total. The summed E-state index contributed by atoms with van der Waals surface area (Å²) < 4.78 is 93.7. The van der Waals surface area contributed by atoms with Crippen molar-refractivity contribution in [2.75, 3.05) is 46.3 Å². The lowest BCUT2D eigenvalue weighted by atomic mass is 9.86. The molecule has 2 aromatic rings. The predicted octanol–water partition coefficient (Wildman–Crippen LogP) is 4.50. The van der Waals surface area contributed by atoms with Gasteiger partial charge in [-0.3, -0.25) is 14.6 Å². The molecule has 2 fully saturated rings. The molecule has 0 aliphatic carbocycles. The molecule has 208 valence electrons. The number of piperidine rings is 1. The van der Waals surface area contributed by atoms with E-state index in [9.17, 15) is 19.3 Å². The molecule has 1 amide bonds. The highest BCUT2D eigenvalue weighted by Crippen LogP contribution is 2.35. The zero-order valence-corrected chi connectivity index (χ0v) is 22.1. The summed E-state index contributed by atoms with van der Waals surface area (Å²) in [6.07, 6.45) is -1.89. The van der Waals surface area contributed by atoms with Gasteiger partial charge in [0.15, 0.2) is 0 Å². The van der Waals surface area contributed by atoms with Crippen LogP contribution in [-0.2, 0) is 10.9 Å². The van der Waals surface area contributed by atoms with Crippen LogP contribution in [0.1, 0.15) is 73.8 Å². The Morgan fingerprint density at radius 1 is 1.18 bits per heavy atom. The molecule has 2 aliphatic rings. The first-order valence-corrected chi connectivity index (χ1v) is 12.7. The lowest BCUT2D eigenvalue weighted by Gasteiger charge is -2.52. The van der Waals surface area contributed by atoms with E-state index in [1.165, 1.54) is 11.2 Å². The fraction of sp³-hybridized carbons (Fsp3) is 0.607. The van der Waals surface area contributed by atoms with Crippen LogP contribution in [-0.4, -0.2) is 88.5 Å². The van der Waals surface area contributed by atoms with E-state index >= 15 is 0 Å². The van der Waals surface area contributed by atoms with Gasteiger partial charge in [-0.2, -0.15) is 13.2 Å². The third-order valence-electron chi connectivity index (χ3n) is 7.88. The molecular weight excluding hydrogens is 495 g/mol. The molecule has 1 aromatic heterocycles. The maximum absolute atomic E-state index is 13.3. The number of benzene rings is 1. The van der Waals surface area contributed by atoms with Crippen LogP contribution in [0, 0.1) is 13.8 Å². The molecule has 1 aromatic carbocycles. The smallest absolute Gasteiger partial charge is 0.383 e. The number of carbonyl (C=O) groups excluding carboxylic acids is 1. The molecule has 2 saturated heterocycles. The molecule has 38 heavy (non-hydrogen) atoms. The summed E-state index contributed by atoms with van der Waals surface area (Å²) in [5, 5.41) is 0. The molecule has 4 rings (SSSR count). The van der Waals surface area contributed by atoms with Gasteiger partial charge in [0.05, 0.1) is 43.3 Å². The van der Waals surface area contributed by atoms with Crippen LogP contribution in [0.2, 0.25) is 0 Å². The van der Waals surface area contributed by atoms with Gasteiger partial charge in [0.1, 0.15) is 6.33 Å². The number of hydrogen-bond acceptors (Lipinski definition) is 6. The third-order valence-corrected chi connectivity index (χ3v) is 7.88. The maximum Gasteiger partial charge on any atom is 0.416 e. The molecule has 0 saturated carbocycles. The molecule has 0 spiro atoms. The maximum atomic E-state index is 13.3. The van der Waals surface area contributed by atoms with Crippen LogP contribution in [0.4, 0.5) is 13.2 Å². The minimum atomic E-state index is -4.64. The van der Waals surface area contributed by atoms with Crippen LogP contribution in [0.5, 0.6) is 0 Å². The number of rotatable bonds is 6. The Bertz CT molecular complexity index is 1330. The van der Waals surface area contributed by atoms with Crippen LogP contribution < -0.4 is 0 Å². The summed E-state index contributed by atoms with van der Waals surface area (Å²) in [6, 6.07) is 0.524. The number of methoxy groups -OCH3 is 1. The number of ether oxygens (including phenoxy) is 1. The number of amides is 1. The zero-order valence-electron chi connectivity index (χ0n) is 28.1. The van der Waals surface area contributed by atoms with Crippen LogP contribution in [0.25, 0.3) is 0 Å². The molecular formula is C28H38F3N5O2. The first kappa shape index (κ1) is 21.3. The lowest BCUT2D eigenvalue weighted by molar-refractivity contribution is -0.137. The number of halogens is 3. The van der Waals surface area contributed by atoms with Gasteiger partial charge in [-0.15, -0.1) is 0 Å². The van der Waals surface area contributed by atoms with Gasteiger partial charge in [-0.1, -0.05) is 12.1 Å². The van der Waals surface area contributed by atoms with Crippen molar-refractivity contribution in [1.29, 1.82) is 0 Å². The van der Waals surface area contributed by atoms with Crippen molar-refractivity contribution in [2.24, 2.45) is 0 Å². The Hall–Kier alpha value is -2.56. The summed E-state index contributed by atoms with van der Waals surface area (Å²) in [4.78, 5) is 27.1. The van der Waals surface area contributed by atoms with Gasteiger partial charge in [-0.25, -0.2) is 9.97 Å². The first-order chi connectivity index (χ1) is 20.2. The van der Waals surface area contributed by atoms with Crippen molar-refractivity contribution < 1.29 is 30.9 Å².